The van der Waals surface area contributed by atoms with Crippen LogP contribution in [0.25, 0.3) is 0 Å². The topological polar surface area (TPSA) is 21.3 Å². The SMILES string of the molecule is CCCNC(CC1CCOCC1)C1CC1. The Balaban J connectivity index is 1.72. The highest BCUT2D eigenvalue weighted by molar-refractivity contribution is 4.88. The Kier molecular flexibility index (Phi) is 4.45. The van der Waals surface area contributed by atoms with Crippen molar-refractivity contribution >= 4 is 0 Å². The average Bonchev–Trinajstić information content (AvgIpc) is 3.09. The fraction of sp³-hybridized carbons (Fsp3) is 1.00. The molecule has 2 fully saturated rings. The molecule has 88 valence electrons. The monoisotopic (exact) mass is 211 g/mol. The van der Waals surface area contributed by atoms with Gasteiger partial charge >= 0.3 is 0 Å². The van der Waals surface area contributed by atoms with E-state index in [0.717, 1.165) is 31.1 Å². The Morgan fingerprint density at radius 3 is 2.53 bits per heavy atom. The molecule has 2 aliphatic rings. The van der Waals surface area contributed by atoms with Crippen LogP contribution in [0.15, 0.2) is 0 Å². The Labute approximate surface area is 93.8 Å². The Morgan fingerprint density at radius 2 is 1.93 bits per heavy atom. The number of rotatable bonds is 6. The molecular weight excluding hydrogens is 186 g/mol. The maximum atomic E-state index is 5.42. The van der Waals surface area contributed by atoms with Gasteiger partial charge in [-0.05, 0) is 56.9 Å². The van der Waals surface area contributed by atoms with Crippen molar-refractivity contribution in [3.05, 3.63) is 0 Å². The molecular formula is C13H25NO. The van der Waals surface area contributed by atoms with Crippen molar-refractivity contribution in [3.8, 4) is 0 Å². The predicted molar refractivity (Wildman–Crippen MR) is 63.0 cm³/mol. The molecule has 15 heavy (non-hydrogen) atoms. The summed E-state index contributed by atoms with van der Waals surface area (Å²) in [4.78, 5) is 0. The molecule has 1 heterocycles. The summed E-state index contributed by atoms with van der Waals surface area (Å²) >= 11 is 0. The highest BCUT2D eigenvalue weighted by atomic mass is 16.5. The standard InChI is InChI=1S/C13H25NO/c1-2-7-14-13(12-3-4-12)10-11-5-8-15-9-6-11/h11-14H,2-10H2,1H3. The molecule has 1 atom stereocenters. The lowest BCUT2D eigenvalue weighted by Gasteiger charge is -2.27. The summed E-state index contributed by atoms with van der Waals surface area (Å²) < 4.78 is 5.42. The molecule has 2 heteroatoms. The quantitative estimate of drug-likeness (QED) is 0.729. The first-order valence-corrected chi connectivity index (χ1v) is 6.71. The number of nitrogens with one attached hydrogen (secondary N) is 1. The van der Waals surface area contributed by atoms with E-state index in [1.807, 2.05) is 0 Å². The zero-order chi connectivity index (χ0) is 10.5. The van der Waals surface area contributed by atoms with Gasteiger partial charge in [0.1, 0.15) is 0 Å². The van der Waals surface area contributed by atoms with Crippen molar-refractivity contribution in [3.63, 3.8) is 0 Å². The van der Waals surface area contributed by atoms with Crippen LogP contribution in [0.1, 0.15) is 45.4 Å². The van der Waals surface area contributed by atoms with E-state index in [2.05, 4.69) is 12.2 Å². The molecule has 0 spiro atoms. The molecule has 1 N–H and O–H groups in total. The normalized spacial score (nSPS) is 25.4. The van der Waals surface area contributed by atoms with Crippen molar-refractivity contribution in [1.82, 2.24) is 5.32 Å². The lowest BCUT2D eigenvalue weighted by Crippen LogP contribution is -2.35. The third-order valence-corrected chi connectivity index (χ3v) is 3.78. The summed E-state index contributed by atoms with van der Waals surface area (Å²) in [5, 5.41) is 3.74. The number of hydrogen-bond donors (Lipinski definition) is 1. The number of hydrogen-bond acceptors (Lipinski definition) is 2. The maximum Gasteiger partial charge on any atom is 0.0468 e. The van der Waals surface area contributed by atoms with Gasteiger partial charge < -0.3 is 10.1 Å². The molecule has 1 aliphatic carbocycles. The van der Waals surface area contributed by atoms with E-state index < -0.39 is 0 Å². The molecule has 0 aromatic heterocycles. The largest absolute Gasteiger partial charge is 0.381 e. The highest BCUT2D eigenvalue weighted by Crippen LogP contribution is 2.36. The zero-order valence-corrected chi connectivity index (χ0v) is 10.0. The van der Waals surface area contributed by atoms with Gasteiger partial charge in [-0.25, -0.2) is 0 Å². The van der Waals surface area contributed by atoms with Gasteiger partial charge in [-0.15, -0.1) is 0 Å². The fourth-order valence-electron chi connectivity index (χ4n) is 2.61. The summed E-state index contributed by atoms with van der Waals surface area (Å²) in [5.74, 6) is 1.92. The molecule has 0 aromatic carbocycles. The second-order valence-electron chi connectivity index (χ2n) is 5.19. The van der Waals surface area contributed by atoms with Crippen molar-refractivity contribution in [2.45, 2.75) is 51.5 Å². The van der Waals surface area contributed by atoms with Crippen LogP contribution in [0, 0.1) is 11.8 Å². The summed E-state index contributed by atoms with van der Waals surface area (Å²) in [5.41, 5.74) is 0. The lowest BCUT2D eigenvalue weighted by molar-refractivity contribution is 0.0597. The second-order valence-corrected chi connectivity index (χ2v) is 5.19. The van der Waals surface area contributed by atoms with Gasteiger partial charge in [0.25, 0.3) is 0 Å². The molecule has 0 aromatic rings. The third kappa shape index (κ3) is 3.76. The van der Waals surface area contributed by atoms with Crippen LogP contribution in [0.3, 0.4) is 0 Å². The van der Waals surface area contributed by atoms with Crippen molar-refractivity contribution in [2.75, 3.05) is 19.8 Å². The van der Waals surface area contributed by atoms with E-state index in [-0.39, 0.29) is 0 Å². The highest BCUT2D eigenvalue weighted by Gasteiger charge is 2.32. The Bertz CT molecular complexity index is 173. The Morgan fingerprint density at radius 1 is 1.20 bits per heavy atom. The maximum absolute atomic E-state index is 5.42. The van der Waals surface area contributed by atoms with Crippen molar-refractivity contribution < 1.29 is 4.74 Å². The van der Waals surface area contributed by atoms with Gasteiger partial charge in [0.2, 0.25) is 0 Å². The van der Waals surface area contributed by atoms with Gasteiger partial charge in [-0.2, -0.15) is 0 Å². The van der Waals surface area contributed by atoms with E-state index in [9.17, 15) is 0 Å². The first-order valence-electron chi connectivity index (χ1n) is 6.71. The van der Waals surface area contributed by atoms with E-state index in [4.69, 9.17) is 4.74 Å². The summed E-state index contributed by atoms with van der Waals surface area (Å²) in [6, 6.07) is 0.813. The molecule has 1 saturated carbocycles. The molecule has 1 unspecified atom stereocenters. The minimum Gasteiger partial charge on any atom is -0.381 e. The van der Waals surface area contributed by atoms with Gasteiger partial charge in [0.15, 0.2) is 0 Å². The van der Waals surface area contributed by atoms with E-state index in [1.165, 1.54) is 45.1 Å². The summed E-state index contributed by atoms with van der Waals surface area (Å²) in [7, 11) is 0. The smallest absolute Gasteiger partial charge is 0.0468 e. The molecule has 1 aliphatic heterocycles. The third-order valence-electron chi connectivity index (χ3n) is 3.78. The lowest BCUT2D eigenvalue weighted by atomic mass is 9.90. The Hall–Kier alpha value is -0.0800. The van der Waals surface area contributed by atoms with E-state index >= 15 is 0 Å². The fourth-order valence-corrected chi connectivity index (χ4v) is 2.61. The zero-order valence-electron chi connectivity index (χ0n) is 10.0. The predicted octanol–water partition coefficient (Wildman–Crippen LogP) is 2.58. The van der Waals surface area contributed by atoms with Crippen LogP contribution in [0.4, 0.5) is 0 Å². The van der Waals surface area contributed by atoms with Crippen LogP contribution < -0.4 is 5.32 Å². The summed E-state index contributed by atoms with van der Waals surface area (Å²) in [6.45, 7) is 5.45. The second kappa shape index (κ2) is 5.86. The van der Waals surface area contributed by atoms with Crippen LogP contribution in [0.5, 0.6) is 0 Å². The molecule has 0 bridgehead atoms. The molecule has 2 rings (SSSR count). The molecule has 0 radical (unpaired) electrons. The first kappa shape index (κ1) is 11.4. The van der Waals surface area contributed by atoms with Gasteiger partial charge in [0.05, 0.1) is 0 Å². The minimum atomic E-state index is 0.813. The van der Waals surface area contributed by atoms with Crippen LogP contribution >= 0.6 is 0 Å². The molecule has 2 nitrogen and oxygen atoms in total. The number of ether oxygens (including phenoxy) is 1. The van der Waals surface area contributed by atoms with Crippen LogP contribution in [-0.4, -0.2) is 25.8 Å². The molecule has 1 saturated heterocycles. The van der Waals surface area contributed by atoms with E-state index in [1.54, 1.807) is 0 Å². The van der Waals surface area contributed by atoms with Gasteiger partial charge in [0, 0.05) is 19.3 Å². The van der Waals surface area contributed by atoms with Crippen molar-refractivity contribution in [1.29, 1.82) is 0 Å². The van der Waals surface area contributed by atoms with Crippen molar-refractivity contribution in [2.24, 2.45) is 11.8 Å². The van der Waals surface area contributed by atoms with Crippen LogP contribution in [-0.2, 0) is 4.74 Å². The minimum absolute atomic E-state index is 0.813. The van der Waals surface area contributed by atoms with E-state index in [0.29, 0.717) is 0 Å². The van der Waals surface area contributed by atoms with Gasteiger partial charge in [-0.1, -0.05) is 6.92 Å². The average molecular weight is 211 g/mol. The van der Waals surface area contributed by atoms with Crippen LogP contribution in [0.2, 0.25) is 0 Å². The molecule has 0 amide bonds. The van der Waals surface area contributed by atoms with Gasteiger partial charge in [-0.3, -0.25) is 0 Å². The summed E-state index contributed by atoms with van der Waals surface area (Å²) in [6.07, 6.45) is 8.16. The first-order chi connectivity index (χ1) is 7.40.